The monoisotopic (exact) mass is 209 g/mol. The van der Waals surface area contributed by atoms with Gasteiger partial charge in [-0.2, -0.15) is 5.26 Å². The first kappa shape index (κ1) is 9.17. The highest BCUT2D eigenvalue weighted by atomic mass is 15.1. The molecule has 78 valence electrons. The van der Waals surface area contributed by atoms with Gasteiger partial charge >= 0.3 is 0 Å². The molecule has 0 bridgehead atoms. The van der Waals surface area contributed by atoms with Gasteiger partial charge in [0, 0.05) is 11.9 Å². The van der Waals surface area contributed by atoms with E-state index in [4.69, 9.17) is 5.26 Å². The topological polar surface area (TPSA) is 41.6 Å². The largest absolute Gasteiger partial charge is 0.327 e. The Kier molecular flexibility index (Phi) is 2.00. The van der Waals surface area contributed by atoms with Gasteiger partial charge in [-0.25, -0.2) is 4.98 Å². The number of aryl methyl sites for hydroxylation is 1. The fraction of sp³-hybridized carbons (Fsp3) is 0.231. The number of benzene rings is 1. The molecule has 1 aromatic heterocycles. The summed E-state index contributed by atoms with van der Waals surface area (Å²) >= 11 is 0. The normalized spacial score (nSPS) is 18.1. The van der Waals surface area contributed by atoms with Crippen molar-refractivity contribution in [3.63, 3.8) is 0 Å². The van der Waals surface area contributed by atoms with Crippen molar-refractivity contribution < 1.29 is 0 Å². The molecular weight excluding hydrogens is 198 g/mol. The van der Waals surface area contributed by atoms with E-state index in [2.05, 4.69) is 15.6 Å². The van der Waals surface area contributed by atoms with Crippen LogP contribution in [0.25, 0.3) is 0 Å². The zero-order chi connectivity index (χ0) is 11.0. The molecule has 0 saturated carbocycles. The molecule has 0 amide bonds. The van der Waals surface area contributed by atoms with Crippen molar-refractivity contribution in [1.82, 2.24) is 9.55 Å². The molecule has 16 heavy (non-hydrogen) atoms. The Morgan fingerprint density at radius 2 is 2.12 bits per heavy atom. The van der Waals surface area contributed by atoms with Gasteiger partial charge in [0.15, 0.2) is 0 Å². The molecule has 2 heterocycles. The van der Waals surface area contributed by atoms with E-state index in [9.17, 15) is 0 Å². The smallest absolute Gasteiger partial charge is 0.0991 e. The van der Waals surface area contributed by atoms with E-state index >= 15 is 0 Å². The average Bonchev–Trinajstić information content (AvgIpc) is 2.91. The van der Waals surface area contributed by atoms with Crippen molar-refractivity contribution in [1.29, 1.82) is 5.26 Å². The third kappa shape index (κ3) is 1.31. The molecule has 0 fully saturated rings. The van der Waals surface area contributed by atoms with E-state index in [0.29, 0.717) is 11.6 Å². The minimum atomic E-state index is 0.394. The Labute approximate surface area is 94.0 Å². The molecule has 3 nitrogen and oxygen atoms in total. The van der Waals surface area contributed by atoms with E-state index in [1.165, 1.54) is 11.3 Å². The second-order valence-electron chi connectivity index (χ2n) is 4.08. The third-order valence-electron chi connectivity index (χ3n) is 3.18. The van der Waals surface area contributed by atoms with Crippen LogP contribution in [0.1, 0.15) is 29.3 Å². The highest BCUT2D eigenvalue weighted by Crippen LogP contribution is 2.31. The summed E-state index contributed by atoms with van der Waals surface area (Å²) in [5, 5.41) is 8.75. The van der Waals surface area contributed by atoms with Crippen molar-refractivity contribution >= 4 is 0 Å². The lowest BCUT2D eigenvalue weighted by molar-refractivity contribution is 0.616. The lowest BCUT2D eigenvalue weighted by Crippen LogP contribution is -2.04. The van der Waals surface area contributed by atoms with Gasteiger partial charge in [0.1, 0.15) is 0 Å². The van der Waals surface area contributed by atoms with Gasteiger partial charge in [-0.05, 0) is 30.5 Å². The standard InChI is InChI=1S/C13H11N3/c14-7-10-1-3-11(4-2-10)13-6-5-12-8-15-9-16(12)13/h1-4,8-9,13H,5-6H2/t13-/m1/s1. The summed E-state index contributed by atoms with van der Waals surface area (Å²) in [6, 6.07) is 10.4. The zero-order valence-electron chi connectivity index (χ0n) is 8.80. The van der Waals surface area contributed by atoms with Gasteiger partial charge in [-0.1, -0.05) is 12.1 Å². The van der Waals surface area contributed by atoms with Gasteiger partial charge in [-0.3, -0.25) is 0 Å². The summed E-state index contributed by atoms with van der Waals surface area (Å²) < 4.78 is 2.22. The summed E-state index contributed by atoms with van der Waals surface area (Å²) in [5.41, 5.74) is 3.28. The second-order valence-corrected chi connectivity index (χ2v) is 4.08. The van der Waals surface area contributed by atoms with Crippen LogP contribution >= 0.6 is 0 Å². The summed E-state index contributed by atoms with van der Waals surface area (Å²) in [5.74, 6) is 0. The van der Waals surface area contributed by atoms with Crippen LogP contribution in [0.3, 0.4) is 0 Å². The van der Waals surface area contributed by atoms with Crippen LogP contribution in [0.2, 0.25) is 0 Å². The number of aromatic nitrogens is 2. The number of hydrogen-bond donors (Lipinski definition) is 0. The van der Waals surface area contributed by atoms with Crippen molar-refractivity contribution in [3.05, 3.63) is 53.6 Å². The Balaban J connectivity index is 1.97. The number of imidazole rings is 1. The van der Waals surface area contributed by atoms with Crippen LogP contribution in [0.15, 0.2) is 36.8 Å². The molecule has 0 spiro atoms. The Morgan fingerprint density at radius 1 is 1.31 bits per heavy atom. The molecule has 2 aromatic rings. The Morgan fingerprint density at radius 3 is 2.88 bits per heavy atom. The van der Waals surface area contributed by atoms with Crippen LogP contribution in [-0.2, 0) is 6.42 Å². The highest BCUT2D eigenvalue weighted by molar-refractivity contribution is 5.34. The number of rotatable bonds is 1. The van der Waals surface area contributed by atoms with Gasteiger partial charge in [0.25, 0.3) is 0 Å². The van der Waals surface area contributed by atoms with E-state index < -0.39 is 0 Å². The number of nitriles is 1. The van der Waals surface area contributed by atoms with Crippen LogP contribution < -0.4 is 0 Å². The van der Waals surface area contributed by atoms with Gasteiger partial charge in [-0.15, -0.1) is 0 Å². The fourth-order valence-corrected chi connectivity index (χ4v) is 2.34. The molecule has 0 aliphatic carbocycles. The predicted molar refractivity (Wildman–Crippen MR) is 59.8 cm³/mol. The van der Waals surface area contributed by atoms with E-state index in [1.54, 1.807) is 0 Å². The van der Waals surface area contributed by atoms with Crippen molar-refractivity contribution in [2.24, 2.45) is 0 Å². The van der Waals surface area contributed by atoms with Crippen molar-refractivity contribution in [2.45, 2.75) is 18.9 Å². The molecule has 3 heteroatoms. The molecule has 1 aliphatic heterocycles. The molecule has 0 radical (unpaired) electrons. The minimum absolute atomic E-state index is 0.394. The quantitative estimate of drug-likeness (QED) is 0.723. The maximum absolute atomic E-state index is 8.75. The summed E-state index contributed by atoms with van der Waals surface area (Å²) in [4.78, 5) is 4.16. The van der Waals surface area contributed by atoms with E-state index in [0.717, 1.165) is 12.8 Å². The molecule has 3 rings (SSSR count). The van der Waals surface area contributed by atoms with Gasteiger partial charge in [0.2, 0.25) is 0 Å². The molecule has 0 N–H and O–H groups in total. The van der Waals surface area contributed by atoms with Gasteiger partial charge in [0.05, 0.1) is 24.0 Å². The highest BCUT2D eigenvalue weighted by Gasteiger charge is 2.22. The van der Waals surface area contributed by atoms with E-state index in [1.807, 2.05) is 36.8 Å². The molecular formula is C13H11N3. The first-order chi connectivity index (χ1) is 7.88. The van der Waals surface area contributed by atoms with Crippen LogP contribution in [0.5, 0.6) is 0 Å². The fourth-order valence-electron chi connectivity index (χ4n) is 2.34. The number of hydrogen-bond acceptors (Lipinski definition) is 2. The zero-order valence-corrected chi connectivity index (χ0v) is 8.80. The first-order valence-electron chi connectivity index (χ1n) is 5.39. The molecule has 0 saturated heterocycles. The first-order valence-corrected chi connectivity index (χ1v) is 5.39. The van der Waals surface area contributed by atoms with Crippen LogP contribution in [0, 0.1) is 11.3 Å². The lowest BCUT2D eigenvalue weighted by atomic mass is 10.0. The maximum atomic E-state index is 8.75. The van der Waals surface area contributed by atoms with Crippen LogP contribution in [0.4, 0.5) is 0 Å². The molecule has 1 aliphatic rings. The number of nitrogens with zero attached hydrogens (tertiary/aromatic N) is 3. The summed E-state index contributed by atoms with van der Waals surface area (Å²) in [7, 11) is 0. The molecule has 1 atom stereocenters. The van der Waals surface area contributed by atoms with Crippen molar-refractivity contribution in [3.8, 4) is 6.07 Å². The van der Waals surface area contributed by atoms with Crippen LogP contribution in [-0.4, -0.2) is 9.55 Å². The van der Waals surface area contributed by atoms with Gasteiger partial charge < -0.3 is 4.57 Å². The van der Waals surface area contributed by atoms with E-state index in [-0.39, 0.29) is 0 Å². The Bertz CT molecular complexity index is 545. The summed E-state index contributed by atoms with van der Waals surface area (Å²) in [6.45, 7) is 0. The third-order valence-corrected chi connectivity index (χ3v) is 3.18. The SMILES string of the molecule is N#Cc1ccc([C@H]2CCc3cncn32)cc1. The Hall–Kier alpha value is -2.08. The maximum Gasteiger partial charge on any atom is 0.0991 e. The summed E-state index contributed by atoms with van der Waals surface area (Å²) in [6.07, 6.45) is 6.04. The van der Waals surface area contributed by atoms with Crippen molar-refractivity contribution in [2.75, 3.05) is 0 Å². The molecule has 1 aromatic carbocycles. The second kappa shape index (κ2) is 3.49. The molecule has 0 unspecified atom stereocenters. The number of fused-ring (bicyclic) bond motifs is 1. The lowest BCUT2D eigenvalue weighted by Gasteiger charge is -2.12. The average molecular weight is 209 g/mol. The predicted octanol–water partition coefficient (Wildman–Crippen LogP) is 2.29. The minimum Gasteiger partial charge on any atom is -0.327 e.